The molecule has 1 saturated heterocycles. The molecule has 3 rings (SSSR count). The third-order valence-electron chi connectivity index (χ3n) is 3.22. The number of hydrogen-bond acceptors (Lipinski definition) is 3. The maximum absolute atomic E-state index is 12.0. The number of carbonyl (C=O) groups is 1. The number of aromatic amines is 1. The van der Waals surface area contributed by atoms with Crippen molar-refractivity contribution >= 4 is 16.8 Å². The van der Waals surface area contributed by atoms with Gasteiger partial charge in [0.05, 0.1) is 17.8 Å². The zero-order valence-electron chi connectivity index (χ0n) is 9.98. The van der Waals surface area contributed by atoms with E-state index in [0.717, 1.165) is 30.4 Å². The summed E-state index contributed by atoms with van der Waals surface area (Å²) in [5, 5.41) is 10.6. The summed E-state index contributed by atoms with van der Waals surface area (Å²) in [6.07, 6.45) is 4.00. The lowest BCUT2D eigenvalue weighted by Gasteiger charge is -2.10. The van der Waals surface area contributed by atoms with E-state index in [1.165, 1.54) is 0 Å². The first-order valence-corrected chi connectivity index (χ1v) is 6.16. The normalized spacial score (nSPS) is 19.2. The largest absolute Gasteiger partial charge is 0.376 e. The van der Waals surface area contributed by atoms with Gasteiger partial charge in [-0.3, -0.25) is 9.89 Å². The highest BCUT2D eigenvalue weighted by molar-refractivity contribution is 5.97. The molecule has 94 valence electrons. The second-order valence-corrected chi connectivity index (χ2v) is 4.52. The number of aromatic nitrogens is 2. The molecule has 1 aromatic carbocycles. The van der Waals surface area contributed by atoms with E-state index in [0.29, 0.717) is 12.1 Å². The first kappa shape index (κ1) is 11.2. The Balaban J connectivity index is 1.67. The lowest BCUT2D eigenvalue weighted by molar-refractivity contribution is 0.0858. The molecule has 0 saturated carbocycles. The summed E-state index contributed by atoms with van der Waals surface area (Å²) >= 11 is 0. The molecule has 1 fully saturated rings. The molecule has 0 spiro atoms. The Morgan fingerprint density at radius 2 is 2.50 bits per heavy atom. The average molecular weight is 245 g/mol. The van der Waals surface area contributed by atoms with Crippen LogP contribution in [0, 0.1) is 0 Å². The number of rotatable bonds is 3. The first-order valence-electron chi connectivity index (χ1n) is 6.16. The van der Waals surface area contributed by atoms with Crippen LogP contribution in [0.25, 0.3) is 10.9 Å². The molecule has 0 radical (unpaired) electrons. The lowest BCUT2D eigenvalue weighted by atomic mass is 10.1. The molecule has 1 unspecified atom stereocenters. The molecule has 2 aromatic rings. The fourth-order valence-corrected chi connectivity index (χ4v) is 2.20. The van der Waals surface area contributed by atoms with Crippen LogP contribution in [0.2, 0.25) is 0 Å². The van der Waals surface area contributed by atoms with Gasteiger partial charge in [0.25, 0.3) is 5.91 Å². The molecule has 5 heteroatoms. The Morgan fingerprint density at radius 1 is 1.56 bits per heavy atom. The van der Waals surface area contributed by atoms with Crippen molar-refractivity contribution in [1.29, 1.82) is 0 Å². The molecule has 1 aliphatic rings. The van der Waals surface area contributed by atoms with Crippen LogP contribution in [0.3, 0.4) is 0 Å². The van der Waals surface area contributed by atoms with Crippen molar-refractivity contribution in [2.75, 3.05) is 13.2 Å². The van der Waals surface area contributed by atoms with Crippen molar-refractivity contribution in [3.8, 4) is 0 Å². The van der Waals surface area contributed by atoms with Crippen LogP contribution >= 0.6 is 0 Å². The maximum Gasteiger partial charge on any atom is 0.251 e. The fourth-order valence-electron chi connectivity index (χ4n) is 2.20. The maximum atomic E-state index is 12.0. The molecule has 2 heterocycles. The first-order chi connectivity index (χ1) is 8.83. The predicted molar refractivity (Wildman–Crippen MR) is 67.4 cm³/mol. The lowest BCUT2D eigenvalue weighted by Crippen LogP contribution is -2.31. The van der Waals surface area contributed by atoms with Gasteiger partial charge < -0.3 is 10.1 Å². The minimum Gasteiger partial charge on any atom is -0.376 e. The van der Waals surface area contributed by atoms with Crippen molar-refractivity contribution in [3.63, 3.8) is 0 Å². The van der Waals surface area contributed by atoms with Gasteiger partial charge in [-0.25, -0.2) is 0 Å². The van der Waals surface area contributed by atoms with Gasteiger partial charge in [0.2, 0.25) is 0 Å². The number of nitrogens with zero attached hydrogens (tertiary/aromatic N) is 1. The van der Waals surface area contributed by atoms with E-state index < -0.39 is 0 Å². The molecule has 18 heavy (non-hydrogen) atoms. The van der Waals surface area contributed by atoms with Crippen LogP contribution in [-0.2, 0) is 4.74 Å². The van der Waals surface area contributed by atoms with Gasteiger partial charge in [-0.2, -0.15) is 5.10 Å². The van der Waals surface area contributed by atoms with Gasteiger partial charge in [0, 0.05) is 24.1 Å². The number of benzene rings is 1. The molecular formula is C13H15N3O2. The predicted octanol–water partition coefficient (Wildman–Crippen LogP) is 1.47. The number of ether oxygens (including phenoxy) is 1. The summed E-state index contributed by atoms with van der Waals surface area (Å²) in [6, 6.07) is 5.50. The standard InChI is InChI=1S/C13H15N3O2/c17-13(14-8-11-2-1-5-18-11)9-3-4-12-10(6-9)7-15-16-12/h3-4,6-7,11H,1-2,5,8H2,(H,14,17)(H,15,16). The molecule has 1 aromatic heterocycles. The molecule has 5 nitrogen and oxygen atoms in total. The summed E-state index contributed by atoms with van der Waals surface area (Å²) < 4.78 is 5.47. The molecule has 0 bridgehead atoms. The van der Waals surface area contributed by atoms with Crippen LogP contribution in [0.15, 0.2) is 24.4 Å². The molecule has 2 N–H and O–H groups in total. The highest BCUT2D eigenvalue weighted by Crippen LogP contribution is 2.14. The van der Waals surface area contributed by atoms with E-state index in [-0.39, 0.29) is 12.0 Å². The second-order valence-electron chi connectivity index (χ2n) is 4.52. The fraction of sp³-hybridized carbons (Fsp3) is 0.385. The third kappa shape index (κ3) is 2.22. The SMILES string of the molecule is O=C(NCC1CCCO1)c1ccc2[nH]ncc2c1. The molecule has 1 aliphatic heterocycles. The summed E-state index contributed by atoms with van der Waals surface area (Å²) in [5.41, 5.74) is 1.59. The smallest absolute Gasteiger partial charge is 0.251 e. The van der Waals surface area contributed by atoms with Crippen LogP contribution in [0.5, 0.6) is 0 Å². The zero-order chi connectivity index (χ0) is 12.4. The highest BCUT2D eigenvalue weighted by atomic mass is 16.5. The Hall–Kier alpha value is -1.88. The number of hydrogen-bond donors (Lipinski definition) is 2. The number of carbonyl (C=O) groups excluding carboxylic acids is 1. The van der Waals surface area contributed by atoms with Gasteiger partial charge in [-0.05, 0) is 31.0 Å². The van der Waals surface area contributed by atoms with E-state index in [4.69, 9.17) is 4.74 Å². The van der Waals surface area contributed by atoms with Crippen molar-refractivity contribution in [2.24, 2.45) is 0 Å². The van der Waals surface area contributed by atoms with Crippen molar-refractivity contribution in [1.82, 2.24) is 15.5 Å². The van der Waals surface area contributed by atoms with Crippen LogP contribution in [0.4, 0.5) is 0 Å². The minimum atomic E-state index is -0.0615. The Labute approximate surface area is 105 Å². The number of H-pyrrole nitrogens is 1. The van der Waals surface area contributed by atoms with E-state index in [1.54, 1.807) is 12.3 Å². The molecule has 0 aliphatic carbocycles. The summed E-state index contributed by atoms with van der Waals surface area (Å²) in [5.74, 6) is -0.0615. The monoisotopic (exact) mass is 245 g/mol. The average Bonchev–Trinajstić information content (AvgIpc) is 3.05. The van der Waals surface area contributed by atoms with Crippen molar-refractivity contribution in [3.05, 3.63) is 30.0 Å². The van der Waals surface area contributed by atoms with Crippen LogP contribution < -0.4 is 5.32 Å². The number of nitrogens with one attached hydrogen (secondary N) is 2. The molecular weight excluding hydrogens is 230 g/mol. The number of fused-ring (bicyclic) bond motifs is 1. The summed E-state index contributed by atoms with van der Waals surface area (Å²) in [7, 11) is 0. The van der Waals surface area contributed by atoms with Gasteiger partial charge in [0.1, 0.15) is 0 Å². The zero-order valence-corrected chi connectivity index (χ0v) is 9.98. The van der Waals surface area contributed by atoms with E-state index in [9.17, 15) is 4.79 Å². The highest BCUT2D eigenvalue weighted by Gasteiger charge is 2.16. The summed E-state index contributed by atoms with van der Waals surface area (Å²) in [6.45, 7) is 1.39. The Morgan fingerprint density at radius 3 is 3.33 bits per heavy atom. The topological polar surface area (TPSA) is 67.0 Å². The molecule has 1 atom stereocenters. The van der Waals surface area contributed by atoms with Crippen molar-refractivity contribution < 1.29 is 9.53 Å². The van der Waals surface area contributed by atoms with Crippen LogP contribution in [-0.4, -0.2) is 35.4 Å². The Bertz CT molecular complexity index is 558. The molecule has 1 amide bonds. The van der Waals surface area contributed by atoms with Crippen molar-refractivity contribution in [2.45, 2.75) is 18.9 Å². The van der Waals surface area contributed by atoms with Gasteiger partial charge >= 0.3 is 0 Å². The minimum absolute atomic E-state index is 0.0615. The quantitative estimate of drug-likeness (QED) is 0.860. The second kappa shape index (κ2) is 4.78. The van der Waals surface area contributed by atoms with Gasteiger partial charge in [0.15, 0.2) is 0 Å². The van der Waals surface area contributed by atoms with Gasteiger partial charge in [-0.1, -0.05) is 0 Å². The van der Waals surface area contributed by atoms with Crippen LogP contribution in [0.1, 0.15) is 23.2 Å². The van der Waals surface area contributed by atoms with E-state index in [1.807, 2.05) is 12.1 Å². The van der Waals surface area contributed by atoms with E-state index >= 15 is 0 Å². The number of amides is 1. The van der Waals surface area contributed by atoms with E-state index in [2.05, 4.69) is 15.5 Å². The summed E-state index contributed by atoms with van der Waals surface area (Å²) in [4.78, 5) is 12.0. The third-order valence-corrected chi connectivity index (χ3v) is 3.22. The Kier molecular flexibility index (Phi) is 2.98. The van der Waals surface area contributed by atoms with Gasteiger partial charge in [-0.15, -0.1) is 0 Å².